The largest absolute Gasteiger partial charge is 0.494 e. The van der Waals surface area contributed by atoms with Crippen LogP contribution in [-0.2, 0) is 14.4 Å². The number of hydrogen-bond donors (Lipinski definition) is 1. The number of anilines is 1. The molecule has 3 unspecified atom stereocenters. The lowest BCUT2D eigenvalue weighted by atomic mass is 9.66. The van der Waals surface area contributed by atoms with E-state index in [1.165, 1.54) is 0 Å². The SMILES string of the molecule is C=CCN(C(=O)[C@H]1[C@H]2C(=O)N([C@@H](CO)CC(C)C)C(C(=O)N(CC=C)C(C)CCC)C23CC[C@]1(C)S3)c1ccc(OCC)cc1. The smallest absolute Gasteiger partial charge is 0.247 e. The summed E-state index contributed by atoms with van der Waals surface area (Å²) in [6.07, 6.45) is 7.15. The van der Waals surface area contributed by atoms with E-state index in [1.54, 1.807) is 33.7 Å². The first-order valence-electron chi connectivity index (χ1n) is 16.6. The molecule has 3 fully saturated rings. The number of nitrogens with zero attached hydrogens (tertiary/aromatic N) is 3. The number of fused-ring (bicyclic) bond motifs is 1. The van der Waals surface area contributed by atoms with Crippen molar-refractivity contribution in [3.8, 4) is 5.75 Å². The Morgan fingerprint density at radius 3 is 2.33 bits per heavy atom. The van der Waals surface area contributed by atoms with Crippen LogP contribution in [-0.4, -0.2) is 86.6 Å². The van der Waals surface area contributed by atoms with Crippen LogP contribution < -0.4 is 9.64 Å². The van der Waals surface area contributed by atoms with Crippen molar-refractivity contribution in [3.05, 3.63) is 49.6 Å². The monoisotopic (exact) mass is 639 g/mol. The minimum atomic E-state index is -0.770. The van der Waals surface area contributed by atoms with E-state index < -0.39 is 33.4 Å². The van der Waals surface area contributed by atoms with Gasteiger partial charge < -0.3 is 24.5 Å². The maximum absolute atomic E-state index is 14.8. The first-order chi connectivity index (χ1) is 21.4. The summed E-state index contributed by atoms with van der Waals surface area (Å²) in [5.74, 6) is -0.802. The topological polar surface area (TPSA) is 90.4 Å². The third kappa shape index (κ3) is 6.31. The van der Waals surface area contributed by atoms with Crippen molar-refractivity contribution in [2.24, 2.45) is 17.8 Å². The third-order valence-corrected chi connectivity index (χ3v) is 11.9. The van der Waals surface area contributed by atoms with Crippen LogP contribution in [0.4, 0.5) is 5.69 Å². The molecule has 45 heavy (non-hydrogen) atoms. The summed E-state index contributed by atoms with van der Waals surface area (Å²) in [6, 6.07) is 6.11. The van der Waals surface area contributed by atoms with Crippen LogP contribution in [0.2, 0.25) is 0 Å². The van der Waals surface area contributed by atoms with Gasteiger partial charge in [-0.3, -0.25) is 14.4 Å². The van der Waals surface area contributed by atoms with Gasteiger partial charge in [0.15, 0.2) is 0 Å². The highest BCUT2D eigenvalue weighted by Gasteiger charge is 2.78. The number of aliphatic hydroxyl groups excluding tert-OH is 1. The lowest BCUT2D eigenvalue weighted by Crippen LogP contribution is -2.59. The van der Waals surface area contributed by atoms with Gasteiger partial charge in [-0.25, -0.2) is 0 Å². The highest BCUT2D eigenvalue weighted by atomic mass is 32.2. The number of carbonyl (C=O) groups excluding carboxylic acids is 3. The van der Waals surface area contributed by atoms with E-state index in [1.807, 2.05) is 36.1 Å². The number of carbonyl (C=O) groups is 3. The molecule has 0 aliphatic carbocycles. The molecule has 2 bridgehead atoms. The van der Waals surface area contributed by atoms with Crippen molar-refractivity contribution < 1.29 is 24.2 Å². The van der Waals surface area contributed by atoms with Crippen molar-refractivity contribution in [2.75, 3.05) is 31.2 Å². The molecule has 4 rings (SSSR count). The molecular formula is C36H53N3O5S. The van der Waals surface area contributed by atoms with E-state index in [2.05, 4.69) is 47.8 Å². The number of thioether (sulfide) groups is 1. The van der Waals surface area contributed by atoms with E-state index in [0.29, 0.717) is 31.7 Å². The Labute approximate surface area is 274 Å². The normalized spacial score (nSPS) is 28.1. The number of rotatable bonds is 16. The number of aliphatic hydroxyl groups is 1. The predicted octanol–water partition coefficient (Wildman–Crippen LogP) is 5.70. The fraction of sp³-hybridized carbons (Fsp3) is 0.639. The first kappa shape index (κ1) is 35.1. The second kappa shape index (κ2) is 14.3. The summed E-state index contributed by atoms with van der Waals surface area (Å²) in [5, 5.41) is 10.7. The molecule has 1 spiro atoms. The Bertz CT molecular complexity index is 1250. The maximum Gasteiger partial charge on any atom is 0.247 e. The van der Waals surface area contributed by atoms with Crippen LogP contribution in [0.15, 0.2) is 49.6 Å². The molecule has 1 N–H and O–H groups in total. The molecule has 3 heterocycles. The molecule has 3 saturated heterocycles. The van der Waals surface area contributed by atoms with Gasteiger partial charge in [0.25, 0.3) is 0 Å². The van der Waals surface area contributed by atoms with E-state index in [9.17, 15) is 19.5 Å². The molecule has 8 nitrogen and oxygen atoms in total. The van der Waals surface area contributed by atoms with E-state index in [4.69, 9.17) is 4.74 Å². The van der Waals surface area contributed by atoms with Gasteiger partial charge >= 0.3 is 0 Å². The first-order valence-corrected chi connectivity index (χ1v) is 17.5. The Balaban J connectivity index is 1.82. The third-order valence-electron chi connectivity index (χ3n) is 9.95. The minimum Gasteiger partial charge on any atom is -0.494 e. The summed E-state index contributed by atoms with van der Waals surface area (Å²) in [4.78, 5) is 49.7. The summed E-state index contributed by atoms with van der Waals surface area (Å²) in [6.45, 7) is 21.1. The highest BCUT2D eigenvalue weighted by Crippen LogP contribution is 2.72. The lowest BCUT2D eigenvalue weighted by Gasteiger charge is -2.41. The van der Waals surface area contributed by atoms with E-state index in [0.717, 1.165) is 25.0 Å². The van der Waals surface area contributed by atoms with Gasteiger partial charge in [-0.1, -0.05) is 39.3 Å². The molecular weight excluding hydrogens is 586 g/mol. The Morgan fingerprint density at radius 1 is 1.11 bits per heavy atom. The number of likely N-dealkylation sites (tertiary alicyclic amines) is 1. The Morgan fingerprint density at radius 2 is 1.78 bits per heavy atom. The zero-order chi connectivity index (χ0) is 33.1. The highest BCUT2D eigenvalue weighted by molar-refractivity contribution is 8.02. The van der Waals surface area contributed by atoms with Gasteiger partial charge in [0, 0.05) is 29.6 Å². The minimum absolute atomic E-state index is 0.0371. The van der Waals surface area contributed by atoms with Crippen molar-refractivity contribution in [2.45, 2.75) is 101 Å². The fourth-order valence-corrected chi connectivity index (χ4v) is 10.4. The fourth-order valence-electron chi connectivity index (χ4n) is 8.10. The zero-order valence-corrected chi connectivity index (χ0v) is 28.9. The van der Waals surface area contributed by atoms with Crippen LogP contribution in [0, 0.1) is 17.8 Å². The van der Waals surface area contributed by atoms with E-state index >= 15 is 0 Å². The molecule has 0 aromatic heterocycles. The average Bonchev–Trinajstić information content (AvgIpc) is 3.58. The van der Waals surface area contributed by atoms with Gasteiger partial charge in [-0.05, 0) is 76.6 Å². The number of benzene rings is 1. The van der Waals surface area contributed by atoms with Crippen molar-refractivity contribution in [3.63, 3.8) is 0 Å². The van der Waals surface area contributed by atoms with Gasteiger partial charge in [0.1, 0.15) is 11.8 Å². The maximum atomic E-state index is 14.8. The van der Waals surface area contributed by atoms with Crippen molar-refractivity contribution in [1.29, 1.82) is 0 Å². The molecule has 248 valence electrons. The quantitative estimate of drug-likeness (QED) is 0.234. The molecule has 7 atom stereocenters. The van der Waals surface area contributed by atoms with Crippen LogP contribution >= 0.6 is 11.8 Å². The second-order valence-corrected chi connectivity index (χ2v) is 15.4. The molecule has 0 radical (unpaired) electrons. The summed E-state index contributed by atoms with van der Waals surface area (Å²) >= 11 is 1.67. The molecule has 3 amide bonds. The van der Waals surface area contributed by atoms with Crippen LogP contribution in [0.3, 0.4) is 0 Å². The van der Waals surface area contributed by atoms with E-state index in [-0.39, 0.29) is 42.8 Å². The number of amides is 3. The summed E-state index contributed by atoms with van der Waals surface area (Å²) in [5.41, 5.74) is 0.710. The Hall–Kier alpha value is -2.78. The molecule has 0 saturated carbocycles. The summed E-state index contributed by atoms with van der Waals surface area (Å²) < 4.78 is 4.34. The van der Waals surface area contributed by atoms with Crippen LogP contribution in [0.5, 0.6) is 5.75 Å². The second-order valence-electron chi connectivity index (χ2n) is 13.5. The molecule has 3 aliphatic heterocycles. The standard InChI is InChI=1S/C36H53N3O5S/c1-9-13-25(7)37(20-10-2)34(43)31-36-19-18-35(8,45-36)29(30(36)33(42)39(31)27(23-40)22-24(5)6)32(41)38(21-11-3)26-14-16-28(17-15-26)44-12-4/h10-11,14-17,24-25,27,29-31,40H,2-3,9,12-13,18-23H2,1,4-8H3/t25?,27-,29-,30+,31?,35+,36?/m1/s1. The lowest BCUT2D eigenvalue weighted by molar-refractivity contribution is -0.147. The zero-order valence-electron chi connectivity index (χ0n) is 28.0. The van der Waals surface area contributed by atoms with Crippen LogP contribution in [0.25, 0.3) is 0 Å². The number of hydrogen-bond acceptors (Lipinski definition) is 6. The van der Waals surface area contributed by atoms with Gasteiger partial charge in [-0.2, -0.15) is 0 Å². The Kier molecular flexibility index (Phi) is 11.2. The summed E-state index contributed by atoms with van der Waals surface area (Å²) in [7, 11) is 0. The molecule has 1 aromatic rings. The molecule has 3 aliphatic rings. The number of ether oxygens (including phenoxy) is 1. The average molecular weight is 640 g/mol. The van der Waals surface area contributed by atoms with Gasteiger partial charge in [-0.15, -0.1) is 24.9 Å². The van der Waals surface area contributed by atoms with Crippen molar-refractivity contribution >= 4 is 35.2 Å². The predicted molar refractivity (Wildman–Crippen MR) is 182 cm³/mol. The van der Waals surface area contributed by atoms with Gasteiger partial charge in [0.2, 0.25) is 17.7 Å². The van der Waals surface area contributed by atoms with Gasteiger partial charge in [0.05, 0.1) is 35.8 Å². The van der Waals surface area contributed by atoms with Crippen molar-refractivity contribution in [1.82, 2.24) is 9.80 Å². The van der Waals surface area contributed by atoms with Crippen LogP contribution in [0.1, 0.15) is 73.6 Å². The molecule has 9 heteroatoms. The molecule has 1 aromatic carbocycles.